The fourth-order valence-electron chi connectivity index (χ4n) is 2.92. The molecule has 0 atom stereocenters. The van der Waals surface area contributed by atoms with Gasteiger partial charge >= 0.3 is 0 Å². The van der Waals surface area contributed by atoms with E-state index < -0.39 is 0 Å². The third kappa shape index (κ3) is 3.67. The zero-order chi connectivity index (χ0) is 11.7. The fraction of sp³-hybridized carbons (Fsp3) is 1.00. The molecule has 2 aliphatic carbocycles. The van der Waals surface area contributed by atoms with Gasteiger partial charge in [-0.1, -0.05) is 0 Å². The molecule has 2 saturated carbocycles. The lowest BCUT2D eigenvalue weighted by molar-refractivity contribution is 0.0362. The van der Waals surface area contributed by atoms with Crippen molar-refractivity contribution in [1.82, 2.24) is 4.90 Å². The van der Waals surface area contributed by atoms with Gasteiger partial charge in [0.1, 0.15) is 0 Å². The summed E-state index contributed by atoms with van der Waals surface area (Å²) in [5, 5.41) is 0. The lowest BCUT2D eigenvalue weighted by Gasteiger charge is -2.38. The van der Waals surface area contributed by atoms with Gasteiger partial charge < -0.3 is 15.4 Å². The van der Waals surface area contributed by atoms with Gasteiger partial charge in [0.05, 0.1) is 0 Å². The molecule has 0 radical (unpaired) electrons. The van der Waals surface area contributed by atoms with Crippen LogP contribution in [0.5, 0.6) is 0 Å². The second-order valence-corrected chi connectivity index (χ2v) is 6.56. The third-order valence-corrected chi connectivity index (χ3v) is 4.45. The van der Waals surface area contributed by atoms with Crippen molar-refractivity contribution in [3.8, 4) is 0 Å². The number of hydrogen-bond acceptors (Lipinski definition) is 3. The maximum atomic E-state index is 6.53. The topological polar surface area (TPSA) is 38.5 Å². The molecule has 3 nitrogen and oxygen atoms in total. The predicted octanol–water partition coefficient (Wildman–Crippen LogP) is 1.62. The standard InChI is InChI=1S/C14H26N2O/c15-14(5-7-17-8-6-14)11-16(9-12-1-2-12)10-13-3-4-13/h12-13H,1-11,15H2. The summed E-state index contributed by atoms with van der Waals surface area (Å²) in [5.41, 5.74) is 6.56. The van der Waals surface area contributed by atoms with Crippen molar-refractivity contribution >= 4 is 0 Å². The number of nitrogens with two attached hydrogens (primary N) is 1. The highest BCUT2D eigenvalue weighted by Gasteiger charge is 2.35. The van der Waals surface area contributed by atoms with E-state index in [1.165, 1.54) is 38.8 Å². The van der Waals surface area contributed by atoms with Gasteiger partial charge in [0, 0.05) is 38.4 Å². The van der Waals surface area contributed by atoms with Crippen molar-refractivity contribution in [2.24, 2.45) is 17.6 Å². The van der Waals surface area contributed by atoms with E-state index >= 15 is 0 Å². The molecule has 17 heavy (non-hydrogen) atoms. The lowest BCUT2D eigenvalue weighted by Crippen LogP contribution is -2.54. The molecule has 0 aromatic rings. The molecule has 98 valence electrons. The minimum atomic E-state index is 0.0298. The Hall–Kier alpha value is -0.120. The average Bonchev–Trinajstić information content (AvgIpc) is 3.14. The molecule has 0 unspecified atom stereocenters. The largest absolute Gasteiger partial charge is 0.381 e. The molecule has 0 aromatic carbocycles. The van der Waals surface area contributed by atoms with E-state index in [-0.39, 0.29) is 5.54 Å². The highest BCUT2D eigenvalue weighted by molar-refractivity contribution is 4.92. The zero-order valence-electron chi connectivity index (χ0n) is 10.9. The van der Waals surface area contributed by atoms with E-state index in [0.29, 0.717) is 0 Å². The maximum absolute atomic E-state index is 6.53. The van der Waals surface area contributed by atoms with Crippen LogP contribution in [0.15, 0.2) is 0 Å². The molecule has 3 aliphatic rings. The van der Waals surface area contributed by atoms with Crippen LogP contribution in [-0.2, 0) is 4.74 Å². The average molecular weight is 238 g/mol. The van der Waals surface area contributed by atoms with Crippen LogP contribution in [0.1, 0.15) is 38.5 Å². The number of nitrogens with zero attached hydrogens (tertiary/aromatic N) is 1. The van der Waals surface area contributed by atoms with Crippen LogP contribution in [0.2, 0.25) is 0 Å². The second kappa shape index (κ2) is 4.87. The molecular weight excluding hydrogens is 212 g/mol. The van der Waals surface area contributed by atoms with Crippen molar-refractivity contribution < 1.29 is 4.74 Å². The highest BCUT2D eigenvalue weighted by Crippen LogP contribution is 2.34. The van der Waals surface area contributed by atoms with Crippen LogP contribution in [-0.4, -0.2) is 43.3 Å². The molecule has 1 saturated heterocycles. The number of ether oxygens (including phenoxy) is 1. The Kier molecular flexibility index (Phi) is 3.42. The van der Waals surface area contributed by atoms with E-state index in [9.17, 15) is 0 Å². The summed E-state index contributed by atoms with van der Waals surface area (Å²) >= 11 is 0. The van der Waals surface area contributed by atoms with Crippen LogP contribution in [0.25, 0.3) is 0 Å². The van der Waals surface area contributed by atoms with Gasteiger partial charge in [-0.15, -0.1) is 0 Å². The molecule has 0 spiro atoms. The van der Waals surface area contributed by atoms with Gasteiger partial charge in [-0.2, -0.15) is 0 Å². The van der Waals surface area contributed by atoms with Gasteiger partial charge in [-0.25, -0.2) is 0 Å². The van der Waals surface area contributed by atoms with Gasteiger partial charge in [0.2, 0.25) is 0 Å². The normalized spacial score (nSPS) is 28.6. The lowest BCUT2D eigenvalue weighted by atomic mass is 9.90. The summed E-state index contributed by atoms with van der Waals surface area (Å²) in [6, 6.07) is 0. The smallest absolute Gasteiger partial charge is 0.0484 e. The Morgan fingerprint density at radius 1 is 1.00 bits per heavy atom. The first-order valence-electron chi connectivity index (χ1n) is 7.32. The van der Waals surface area contributed by atoms with Crippen molar-refractivity contribution in [2.75, 3.05) is 32.8 Å². The van der Waals surface area contributed by atoms with Crippen LogP contribution < -0.4 is 5.73 Å². The Morgan fingerprint density at radius 3 is 2.00 bits per heavy atom. The van der Waals surface area contributed by atoms with E-state index in [2.05, 4.69) is 4.90 Å². The van der Waals surface area contributed by atoms with Gasteiger partial charge in [-0.05, 0) is 50.4 Å². The summed E-state index contributed by atoms with van der Waals surface area (Å²) in [6.07, 6.45) is 7.87. The first-order valence-corrected chi connectivity index (χ1v) is 7.32. The zero-order valence-corrected chi connectivity index (χ0v) is 10.9. The first-order chi connectivity index (χ1) is 8.23. The summed E-state index contributed by atoms with van der Waals surface area (Å²) in [4.78, 5) is 2.67. The SMILES string of the molecule is NC1(CN(CC2CC2)CC2CC2)CCOCC1. The first kappa shape index (κ1) is 11.9. The number of hydrogen-bond donors (Lipinski definition) is 1. The maximum Gasteiger partial charge on any atom is 0.0484 e. The van der Waals surface area contributed by atoms with Gasteiger partial charge in [-0.3, -0.25) is 0 Å². The molecule has 0 amide bonds. The van der Waals surface area contributed by atoms with Crippen LogP contribution in [0.3, 0.4) is 0 Å². The molecule has 3 rings (SSSR count). The summed E-state index contributed by atoms with van der Waals surface area (Å²) in [6.45, 7) is 5.42. The molecular formula is C14H26N2O. The van der Waals surface area contributed by atoms with Crippen LogP contribution in [0, 0.1) is 11.8 Å². The molecule has 2 N–H and O–H groups in total. The van der Waals surface area contributed by atoms with Crippen LogP contribution >= 0.6 is 0 Å². The van der Waals surface area contributed by atoms with Crippen molar-refractivity contribution in [3.05, 3.63) is 0 Å². The summed E-state index contributed by atoms with van der Waals surface area (Å²) in [5.74, 6) is 1.97. The monoisotopic (exact) mass is 238 g/mol. The Bertz CT molecular complexity index is 241. The third-order valence-electron chi connectivity index (χ3n) is 4.45. The number of rotatable bonds is 6. The van der Waals surface area contributed by atoms with E-state index in [4.69, 9.17) is 10.5 Å². The molecule has 3 heteroatoms. The van der Waals surface area contributed by atoms with Gasteiger partial charge in [0.15, 0.2) is 0 Å². The Balaban J connectivity index is 1.52. The molecule has 0 bridgehead atoms. The van der Waals surface area contributed by atoms with E-state index in [1.54, 1.807) is 0 Å². The Morgan fingerprint density at radius 2 is 1.53 bits per heavy atom. The summed E-state index contributed by atoms with van der Waals surface area (Å²) in [7, 11) is 0. The van der Waals surface area contributed by atoms with Crippen molar-refractivity contribution in [2.45, 2.75) is 44.1 Å². The minimum absolute atomic E-state index is 0.0298. The molecule has 1 heterocycles. The fourth-order valence-corrected chi connectivity index (χ4v) is 2.92. The summed E-state index contributed by atoms with van der Waals surface area (Å²) < 4.78 is 5.43. The molecule has 3 fully saturated rings. The molecule has 0 aromatic heterocycles. The minimum Gasteiger partial charge on any atom is -0.381 e. The quantitative estimate of drug-likeness (QED) is 0.764. The van der Waals surface area contributed by atoms with E-state index in [0.717, 1.165) is 44.4 Å². The molecule has 1 aliphatic heterocycles. The van der Waals surface area contributed by atoms with Gasteiger partial charge in [0.25, 0.3) is 0 Å². The van der Waals surface area contributed by atoms with Crippen LogP contribution in [0.4, 0.5) is 0 Å². The predicted molar refractivity (Wildman–Crippen MR) is 68.9 cm³/mol. The van der Waals surface area contributed by atoms with Crippen molar-refractivity contribution in [3.63, 3.8) is 0 Å². The Labute approximate surface area is 105 Å². The van der Waals surface area contributed by atoms with Crippen molar-refractivity contribution in [1.29, 1.82) is 0 Å². The highest BCUT2D eigenvalue weighted by atomic mass is 16.5. The second-order valence-electron chi connectivity index (χ2n) is 6.56. The van der Waals surface area contributed by atoms with E-state index in [1.807, 2.05) is 0 Å².